The van der Waals surface area contributed by atoms with Gasteiger partial charge in [0, 0.05) is 37.9 Å². The minimum atomic E-state index is -1.10. The summed E-state index contributed by atoms with van der Waals surface area (Å²) in [6.07, 6.45) is 1.23. The minimum Gasteiger partial charge on any atom is -0.478 e. The molecule has 1 N–H and O–H groups in total. The summed E-state index contributed by atoms with van der Waals surface area (Å²) in [5, 5.41) is 18.3. The van der Waals surface area contributed by atoms with Crippen LogP contribution in [0.25, 0.3) is 22.4 Å². The second-order valence-corrected chi connectivity index (χ2v) is 9.21. The highest BCUT2D eigenvalue weighted by atomic mass is 19.1. The van der Waals surface area contributed by atoms with Gasteiger partial charge in [-0.1, -0.05) is 6.07 Å². The largest absolute Gasteiger partial charge is 0.478 e. The number of hydrogen-bond donors (Lipinski definition) is 1. The maximum atomic E-state index is 15.3. The van der Waals surface area contributed by atoms with Crippen LogP contribution in [0, 0.1) is 28.8 Å². The van der Waals surface area contributed by atoms with Crippen LogP contribution in [-0.2, 0) is 24.3 Å². The average Bonchev–Trinajstić information content (AvgIpc) is 3.33. The van der Waals surface area contributed by atoms with Gasteiger partial charge in [-0.3, -0.25) is 0 Å². The molecule has 0 radical (unpaired) electrons. The number of carboxylic acid groups (broad SMARTS) is 1. The van der Waals surface area contributed by atoms with E-state index in [9.17, 15) is 14.3 Å². The van der Waals surface area contributed by atoms with Crippen LogP contribution in [0.5, 0.6) is 5.88 Å². The molecule has 0 saturated carbocycles. The number of rotatable bonds is 10. The van der Waals surface area contributed by atoms with E-state index in [1.807, 2.05) is 6.07 Å². The molecule has 0 atom stereocenters. The normalized spacial score (nSPS) is 11.0. The number of nitriles is 1. The van der Waals surface area contributed by atoms with E-state index in [0.29, 0.717) is 30.0 Å². The third kappa shape index (κ3) is 5.91. The highest BCUT2D eigenvalue weighted by molar-refractivity contribution is 5.92. The number of halogens is 3. The zero-order chi connectivity index (χ0) is 29.8. The summed E-state index contributed by atoms with van der Waals surface area (Å²) in [7, 11) is 1.52. The molecule has 2 aromatic heterocycles. The predicted octanol–water partition coefficient (Wildman–Crippen LogP) is 5.30. The Bertz CT molecular complexity index is 1850. The predicted molar refractivity (Wildman–Crippen MR) is 144 cm³/mol. The van der Waals surface area contributed by atoms with Crippen LogP contribution in [0.3, 0.4) is 0 Å². The monoisotopic (exact) mass is 573 g/mol. The summed E-state index contributed by atoms with van der Waals surface area (Å²) in [6, 6.07) is 13.7. The van der Waals surface area contributed by atoms with Crippen molar-refractivity contribution in [2.45, 2.75) is 19.6 Å². The van der Waals surface area contributed by atoms with Crippen molar-refractivity contribution in [1.82, 2.24) is 19.5 Å². The number of imidazole rings is 1. The van der Waals surface area contributed by atoms with E-state index >= 15 is 8.78 Å². The van der Waals surface area contributed by atoms with Gasteiger partial charge in [-0.25, -0.2) is 27.9 Å². The van der Waals surface area contributed by atoms with Gasteiger partial charge in [0.05, 0.1) is 40.4 Å². The number of fused-ring (bicyclic) bond motifs is 1. The molecule has 0 spiro atoms. The van der Waals surface area contributed by atoms with E-state index in [1.54, 1.807) is 10.6 Å². The van der Waals surface area contributed by atoms with Gasteiger partial charge in [-0.15, -0.1) is 0 Å². The van der Waals surface area contributed by atoms with Gasteiger partial charge in [0.15, 0.2) is 5.82 Å². The lowest BCUT2D eigenvalue weighted by Crippen LogP contribution is -2.10. The zero-order valence-electron chi connectivity index (χ0n) is 22.1. The Hall–Kier alpha value is -5.28. The number of methoxy groups -OCH3 is 1. The summed E-state index contributed by atoms with van der Waals surface area (Å²) < 4.78 is 57.2. The topological polar surface area (TPSA) is 123 Å². The van der Waals surface area contributed by atoms with Crippen molar-refractivity contribution in [3.63, 3.8) is 0 Å². The first-order valence-corrected chi connectivity index (χ1v) is 12.6. The zero-order valence-corrected chi connectivity index (χ0v) is 22.1. The Morgan fingerprint density at radius 2 is 1.81 bits per heavy atom. The van der Waals surface area contributed by atoms with Crippen molar-refractivity contribution < 1.29 is 32.5 Å². The number of nitrogens with zero attached hydrogens (tertiary/aromatic N) is 5. The van der Waals surface area contributed by atoms with Crippen molar-refractivity contribution in [2.24, 2.45) is 0 Å². The fourth-order valence-corrected chi connectivity index (χ4v) is 4.38. The molecule has 9 nitrogen and oxygen atoms in total. The summed E-state index contributed by atoms with van der Waals surface area (Å²) in [5.41, 5.74) is 1.29. The van der Waals surface area contributed by atoms with Gasteiger partial charge < -0.3 is 19.1 Å². The maximum absolute atomic E-state index is 15.3. The van der Waals surface area contributed by atoms with Gasteiger partial charge >= 0.3 is 5.97 Å². The minimum absolute atomic E-state index is 0.0141. The Morgan fingerprint density at radius 1 is 1.00 bits per heavy atom. The van der Waals surface area contributed by atoms with E-state index in [1.165, 1.54) is 43.6 Å². The number of aromatic nitrogens is 4. The van der Waals surface area contributed by atoms with Crippen molar-refractivity contribution in [2.75, 3.05) is 13.7 Å². The molecule has 0 saturated heterocycles. The summed E-state index contributed by atoms with van der Waals surface area (Å²) in [6.45, 7) is 0.404. The van der Waals surface area contributed by atoms with Crippen LogP contribution in [0.2, 0.25) is 0 Å². The highest BCUT2D eigenvalue weighted by Gasteiger charge is 2.19. The summed E-state index contributed by atoms with van der Waals surface area (Å²) in [5.74, 6) is -2.95. The van der Waals surface area contributed by atoms with Gasteiger partial charge in [-0.2, -0.15) is 10.2 Å². The van der Waals surface area contributed by atoms with Gasteiger partial charge in [-0.05, 0) is 48.0 Å². The summed E-state index contributed by atoms with van der Waals surface area (Å²) >= 11 is 0. The Morgan fingerprint density at radius 3 is 2.55 bits per heavy atom. The average molecular weight is 574 g/mol. The van der Waals surface area contributed by atoms with Crippen LogP contribution in [0.1, 0.15) is 32.9 Å². The Kier molecular flexibility index (Phi) is 8.12. The van der Waals surface area contributed by atoms with Crippen LogP contribution < -0.4 is 4.74 Å². The highest BCUT2D eigenvalue weighted by Crippen LogP contribution is 2.27. The molecule has 12 heteroatoms. The van der Waals surface area contributed by atoms with E-state index in [4.69, 9.17) is 14.7 Å². The number of benzene rings is 3. The number of ether oxygens (including phenoxy) is 2. The molecule has 0 unspecified atom stereocenters. The van der Waals surface area contributed by atoms with Gasteiger partial charge in [0.25, 0.3) is 0 Å². The van der Waals surface area contributed by atoms with Gasteiger partial charge in [0.1, 0.15) is 29.9 Å². The first-order valence-electron chi connectivity index (χ1n) is 12.6. The maximum Gasteiger partial charge on any atom is 0.335 e. The molecule has 0 amide bonds. The molecule has 42 heavy (non-hydrogen) atoms. The van der Waals surface area contributed by atoms with E-state index < -0.39 is 23.4 Å². The molecule has 0 aliphatic heterocycles. The van der Waals surface area contributed by atoms with Crippen molar-refractivity contribution in [1.29, 1.82) is 5.26 Å². The number of carboxylic acids is 1. The van der Waals surface area contributed by atoms with Gasteiger partial charge in [0.2, 0.25) is 5.88 Å². The lowest BCUT2D eigenvalue weighted by atomic mass is 10.1. The van der Waals surface area contributed by atoms with Crippen LogP contribution in [0.15, 0.2) is 60.8 Å². The molecular formula is C30H22F3N5O4. The second kappa shape index (κ2) is 12.1. The molecule has 2 heterocycles. The Labute approximate surface area is 237 Å². The first-order chi connectivity index (χ1) is 20.3. The summed E-state index contributed by atoms with van der Waals surface area (Å²) in [4.78, 5) is 24.2. The van der Waals surface area contributed by atoms with Crippen LogP contribution >= 0.6 is 0 Å². The smallest absolute Gasteiger partial charge is 0.335 e. The van der Waals surface area contributed by atoms with E-state index in [-0.39, 0.29) is 52.5 Å². The fraction of sp³-hybridized carbons (Fsp3) is 0.167. The molecule has 0 aliphatic carbocycles. The first kappa shape index (κ1) is 28.3. The number of aromatic carboxylic acids is 1. The molecular weight excluding hydrogens is 551 g/mol. The van der Waals surface area contributed by atoms with E-state index in [0.717, 1.165) is 18.2 Å². The number of hydrogen-bond acceptors (Lipinski definition) is 7. The lowest BCUT2D eigenvalue weighted by molar-refractivity contribution is 0.0697. The van der Waals surface area contributed by atoms with Crippen molar-refractivity contribution in [3.8, 4) is 23.3 Å². The van der Waals surface area contributed by atoms with E-state index in [2.05, 4.69) is 15.0 Å². The van der Waals surface area contributed by atoms with Crippen LogP contribution in [0.4, 0.5) is 13.2 Å². The lowest BCUT2D eigenvalue weighted by Gasteiger charge is -2.11. The second-order valence-electron chi connectivity index (χ2n) is 9.21. The fourth-order valence-electron chi connectivity index (χ4n) is 4.38. The van der Waals surface area contributed by atoms with Crippen LogP contribution in [-0.4, -0.2) is 44.3 Å². The molecule has 5 rings (SSSR count). The number of carbonyl (C=O) groups is 1. The SMILES string of the molecule is COCCn1c(Cc2cc(F)c(-c3nccc(OCc4ccc(C#N)cc4F)n3)cc2F)nc2ccc(C(=O)O)cc21. The molecule has 5 aromatic rings. The molecule has 3 aromatic carbocycles. The Balaban J connectivity index is 1.40. The van der Waals surface area contributed by atoms with Crippen molar-refractivity contribution >= 4 is 17.0 Å². The molecule has 212 valence electrons. The van der Waals surface area contributed by atoms with Crippen molar-refractivity contribution in [3.05, 3.63) is 106 Å². The quantitative estimate of drug-likeness (QED) is 0.239. The molecule has 0 aliphatic rings. The molecule has 0 fully saturated rings. The molecule has 0 bridgehead atoms. The standard InChI is InChI=1S/C30H22F3N5O4/c1-41-9-8-38-26-12-18(30(39)40)4-5-25(26)36-27(38)13-20-11-24(33)21(14-23(20)32)29-35-7-6-28(37-29)42-16-19-3-2-17(15-34)10-22(19)31/h2-7,10-12,14H,8-9,13,16H2,1H3,(H,39,40). The third-order valence-corrected chi connectivity index (χ3v) is 6.51. The third-order valence-electron chi connectivity index (χ3n) is 6.51.